The van der Waals surface area contributed by atoms with Gasteiger partial charge in [0.1, 0.15) is 0 Å². The summed E-state index contributed by atoms with van der Waals surface area (Å²) in [5, 5.41) is 0. The molecule has 3 heteroatoms. The minimum atomic E-state index is -0.00228. The van der Waals surface area contributed by atoms with Gasteiger partial charge in [-0.15, -0.1) is 0 Å². The van der Waals surface area contributed by atoms with Crippen LogP contribution in [-0.2, 0) is 4.79 Å². The first kappa shape index (κ1) is 13.5. The lowest BCUT2D eigenvalue weighted by Gasteiger charge is -2.38. The number of nitrogens with two attached hydrogens (primary N) is 1. The van der Waals surface area contributed by atoms with Crippen LogP contribution in [0.2, 0.25) is 0 Å². The Hall–Kier alpha value is -0.570. The number of likely N-dealkylation sites (tertiary alicyclic amines) is 1. The SMILES string of the molecule is CC(C)C(N)CC(=O)N1CCCC(C)(C)C1. The second-order valence-electron chi connectivity index (χ2n) is 6.20. The van der Waals surface area contributed by atoms with E-state index in [0.717, 1.165) is 19.5 Å². The third-order valence-corrected chi connectivity index (χ3v) is 3.52. The molecule has 94 valence electrons. The number of hydrogen-bond acceptors (Lipinski definition) is 2. The monoisotopic (exact) mass is 226 g/mol. The highest BCUT2D eigenvalue weighted by Gasteiger charge is 2.29. The third kappa shape index (κ3) is 3.78. The standard InChI is InChI=1S/C13H26N2O/c1-10(2)11(14)8-12(16)15-7-5-6-13(3,4)9-15/h10-11H,5-9,14H2,1-4H3. The molecule has 1 amide bonds. The molecule has 0 aromatic rings. The van der Waals surface area contributed by atoms with Crippen molar-refractivity contribution >= 4 is 5.91 Å². The molecular formula is C13H26N2O. The molecule has 1 atom stereocenters. The summed E-state index contributed by atoms with van der Waals surface area (Å²) in [5.74, 6) is 0.607. The predicted octanol–water partition coefficient (Wildman–Crippen LogP) is 2.01. The van der Waals surface area contributed by atoms with Crippen molar-refractivity contribution < 1.29 is 4.79 Å². The Morgan fingerprint density at radius 2 is 2.06 bits per heavy atom. The van der Waals surface area contributed by atoms with Crippen LogP contribution in [0.1, 0.15) is 47.0 Å². The normalized spacial score (nSPS) is 22.2. The minimum Gasteiger partial charge on any atom is -0.342 e. The van der Waals surface area contributed by atoms with Gasteiger partial charge in [-0.05, 0) is 24.2 Å². The average Bonchev–Trinajstić information content (AvgIpc) is 2.15. The summed E-state index contributed by atoms with van der Waals surface area (Å²) >= 11 is 0. The van der Waals surface area contributed by atoms with Gasteiger partial charge in [0, 0.05) is 25.6 Å². The molecule has 1 rings (SSSR count). The van der Waals surface area contributed by atoms with Crippen molar-refractivity contribution in [2.45, 2.75) is 53.0 Å². The van der Waals surface area contributed by atoms with Gasteiger partial charge in [0.2, 0.25) is 5.91 Å². The van der Waals surface area contributed by atoms with Gasteiger partial charge >= 0.3 is 0 Å². The largest absolute Gasteiger partial charge is 0.342 e. The number of hydrogen-bond donors (Lipinski definition) is 1. The van der Waals surface area contributed by atoms with Gasteiger partial charge in [-0.3, -0.25) is 4.79 Å². The van der Waals surface area contributed by atoms with E-state index in [1.54, 1.807) is 0 Å². The summed E-state index contributed by atoms with van der Waals surface area (Å²) in [6, 6.07) is -0.00228. The summed E-state index contributed by atoms with van der Waals surface area (Å²) in [5.41, 5.74) is 6.22. The van der Waals surface area contributed by atoms with Gasteiger partial charge in [-0.25, -0.2) is 0 Å². The van der Waals surface area contributed by atoms with E-state index in [0.29, 0.717) is 12.3 Å². The average molecular weight is 226 g/mol. The number of piperidine rings is 1. The van der Waals surface area contributed by atoms with Gasteiger partial charge in [0.25, 0.3) is 0 Å². The van der Waals surface area contributed by atoms with E-state index in [-0.39, 0.29) is 17.4 Å². The Labute approximate surface area is 99.4 Å². The topological polar surface area (TPSA) is 46.3 Å². The van der Waals surface area contributed by atoms with Crippen LogP contribution in [0.3, 0.4) is 0 Å². The zero-order valence-electron chi connectivity index (χ0n) is 11.1. The van der Waals surface area contributed by atoms with Crippen molar-refractivity contribution in [2.75, 3.05) is 13.1 Å². The highest BCUT2D eigenvalue weighted by atomic mass is 16.2. The molecule has 1 unspecified atom stereocenters. The van der Waals surface area contributed by atoms with E-state index in [2.05, 4.69) is 27.7 Å². The molecule has 0 bridgehead atoms. The molecule has 1 aliphatic rings. The molecule has 3 nitrogen and oxygen atoms in total. The van der Waals surface area contributed by atoms with E-state index in [1.165, 1.54) is 6.42 Å². The number of nitrogens with zero attached hydrogens (tertiary/aromatic N) is 1. The summed E-state index contributed by atoms with van der Waals surface area (Å²) in [6.07, 6.45) is 2.83. The smallest absolute Gasteiger partial charge is 0.224 e. The maximum Gasteiger partial charge on any atom is 0.224 e. The first-order valence-corrected chi connectivity index (χ1v) is 6.35. The van der Waals surface area contributed by atoms with Crippen LogP contribution >= 0.6 is 0 Å². The van der Waals surface area contributed by atoms with Gasteiger partial charge in [0.05, 0.1) is 0 Å². The van der Waals surface area contributed by atoms with Crippen LogP contribution in [-0.4, -0.2) is 29.9 Å². The molecule has 0 aromatic carbocycles. The van der Waals surface area contributed by atoms with Crippen LogP contribution in [0.4, 0.5) is 0 Å². The zero-order chi connectivity index (χ0) is 12.3. The summed E-state index contributed by atoms with van der Waals surface area (Å²) in [7, 11) is 0. The van der Waals surface area contributed by atoms with Crippen LogP contribution in [0.25, 0.3) is 0 Å². The van der Waals surface area contributed by atoms with Crippen LogP contribution in [0.5, 0.6) is 0 Å². The fourth-order valence-electron chi connectivity index (χ4n) is 2.20. The molecule has 0 aromatic heterocycles. The van der Waals surface area contributed by atoms with E-state index in [9.17, 15) is 4.79 Å². The van der Waals surface area contributed by atoms with Crippen molar-refractivity contribution in [3.8, 4) is 0 Å². The summed E-state index contributed by atoms with van der Waals surface area (Å²) in [6.45, 7) is 10.4. The molecule has 0 spiro atoms. The van der Waals surface area contributed by atoms with Crippen LogP contribution < -0.4 is 5.73 Å². The number of carbonyl (C=O) groups excluding carboxylic acids is 1. The quantitative estimate of drug-likeness (QED) is 0.800. The second kappa shape index (κ2) is 5.17. The first-order valence-electron chi connectivity index (χ1n) is 6.35. The Morgan fingerprint density at radius 3 is 2.56 bits per heavy atom. The van der Waals surface area contributed by atoms with Gasteiger partial charge in [0.15, 0.2) is 0 Å². The van der Waals surface area contributed by atoms with Crippen molar-refractivity contribution in [2.24, 2.45) is 17.1 Å². The molecule has 1 saturated heterocycles. The third-order valence-electron chi connectivity index (χ3n) is 3.52. The second-order valence-corrected chi connectivity index (χ2v) is 6.20. The molecule has 1 aliphatic heterocycles. The molecule has 1 fully saturated rings. The molecule has 16 heavy (non-hydrogen) atoms. The Bertz CT molecular complexity index is 248. The number of amides is 1. The molecule has 0 aliphatic carbocycles. The Kier molecular flexibility index (Phi) is 4.36. The van der Waals surface area contributed by atoms with Gasteiger partial charge in [-0.1, -0.05) is 27.7 Å². The first-order chi connectivity index (χ1) is 7.32. The van der Waals surface area contributed by atoms with Crippen molar-refractivity contribution in [3.05, 3.63) is 0 Å². The van der Waals surface area contributed by atoms with Crippen molar-refractivity contribution in [3.63, 3.8) is 0 Å². The van der Waals surface area contributed by atoms with E-state index in [1.807, 2.05) is 4.90 Å². The highest BCUT2D eigenvalue weighted by Crippen LogP contribution is 2.28. The molecule has 0 radical (unpaired) electrons. The molecule has 1 heterocycles. The number of rotatable bonds is 3. The van der Waals surface area contributed by atoms with Crippen molar-refractivity contribution in [1.29, 1.82) is 0 Å². The van der Waals surface area contributed by atoms with E-state index in [4.69, 9.17) is 5.73 Å². The van der Waals surface area contributed by atoms with E-state index < -0.39 is 0 Å². The maximum atomic E-state index is 12.0. The maximum absolute atomic E-state index is 12.0. The zero-order valence-corrected chi connectivity index (χ0v) is 11.1. The Balaban J connectivity index is 2.48. The molecular weight excluding hydrogens is 200 g/mol. The van der Waals surface area contributed by atoms with Crippen molar-refractivity contribution in [1.82, 2.24) is 4.90 Å². The number of carbonyl (C=O) groups is 1. The minimum absolute atomic E-state index is 0.00228. The molecule has 0 saturated carbocycles. The van der Waals surface area contributed by atoms with Crippen LogP contribution in [0.15, 0.2) is 0 Å². The predicted molar refractivity (Wildman–Crippen MR) is 67.0 cm³/mol. The lowest BCUT2D eigenvalue weighted by molar-refractivity contribution is -0.134. The molecule has 2 N–H and O–H groups in total. The van der Waals surface area contributed by atoms with Crippen LogP contribution in [0, 0.1) is 11.3 Å². The van der Waals surface area contributed by atoms with E-state index >= 15 is 0 Å². The fourth-order valence-corrected chi connectivity index (χ4v) is 2.20. The summed E-state index contributed by atoms with van der Waals surface area (Å²) < 4.78 is 0. The Morgan fingerprint density at radius 1 is 1.44 bits per heavy atom. The highest BCUT2D eigenvalue weighted by molar-refractivity contribution is 5.77. The lowest BCUT2D eigenvalue weighted by Crippen LogP contribution is -2.45. The lowest BCUT2D eigenvalue weighted by atomic mass is 9.84. The fraction of sp³-hybridized carbons (Fsp3) is 0.923. The van der Waals surface area contributed by atoms with Gasteiger partial charge < -0.3 is 10.6 Å². The summed E-state index contributed by atoms with van der Waals surface area (Å²) in [4.78, 5) is 14.0. The van der Waals surface area contributed by atoms with Gasteiger partial charge in [-0.2, -0.15) is 0 Å².